The summed E-state index contributed by atoms with van der Waals surface area (Å²) in [4.78, 5) is 4.16. The van der Waals surface area contributed by atoms with E-state index in [4.69, 9.17) is 5.11 Å². The van der Waals surface area contributed by atoms with E-state index in [0.29, 0.717) is 0 Å². The number of aliphatic hydroxyl groups is 1. The molecule has 14 heavy (non-hydrogen) atoms. The highest BCUT2D eigenvalue weighted by atomic mass is 16.3. The lowest BCUT2D eigenvalue weighted by Crippen LogP contribution is -2.19. The van der Waals surface area contributed by atoms with Crippen molar-refractivity contribution in [1.82, 2.24) is 20.1 Å². The van der Waals surface area contributed by atoms with Gasteiger partial charge in [0.05, 0.1) is 6.54 Å². The van der Waals surface area contributed by atoms with Gasteiger partial charge >= 0.3 is 0 Å². The van der Waals surface area contributed by atoms with E-state index in [1.165, 1.54) is 0 Å². The highest BCUT2D eigenvalue weighted by Gasteiger charge is 2.01. The molecule has 0 aliphatic heterocycles. The Morgan fingerprint density at radius 2 is 2.43 bits per heavy atom. The highest BCUT2D eigenvalue weighted by molar-refractivity contribution is 4.83. The van der Waals surface area contributed by atoms with Gasteiger partial charge in [-0.25, -0.2) is 9.67 Å². The maximum atomic E-state index is 8.59. The number of hydrogen-bond acceptors (Lipinski definition) is 4. The molecule has 0 unspecified atom stereocenters. The third kappa shape index (κ3) is 3.43. The summed E-state index contributed by atoms with van der Waals surface area (Å²) in [6.45, 7) is 4.80. The number of aryl methyl sites for hydroxylation is 1. The summed E-state index contributed by atoms with van der Waals surface area (Å²) in [7, 11) is 0. The first-order valence-electron chi connectivity index (χ1n) is 5.06. The first-order chi connectivity index (χ1) is 6.88. The topological polar surface area (TPSA) is 63.0 Å². The predicted molar refractivity (Wildman–Crippen MR) is 53.7 cm³/mol. The summed E-state index contributed by atoms with van der Waals surface area (Å²) in [6, 6.07) is 0. The van der Waals surface area contributed by atoms with Crippen molar-refractivity contribution in [2.24, 2.45) is 0 Å². The van der Waals surface area contributed by atoms with Crippen LogP contribution in [0.1, 0.15) is 25.6 Å². The molecule has 0 aromatic carbocycles. The number of nitrogens with zero attached hydrogens (tertiary/aromatic N) is 3. The van der Waals surface area contributed by atoms with Crippen LogP contribution < -0.4 is 5.32 Å². The fourth-order valence-electron chi connectivity index (χ4n) is 1.23. The van der Waals surface area contributed by atoms with Crippen LogP contribution in [0.25, 0.3) is 0 Å². The third-order valence-corrected chi connectivity index (χ3v) is 1.93. The Labute approximate surface area is 84.2 Å². The van der Waals surface area contributed by atoms with Crippen molar-refractivity contribution in [3.63, 3.8) is 0 Å². The molecule has 5 heteroatoms. The van der Waals surface area contributed by atoms with Gasteiger partial charge in [-0.1, -0.05) is 6.92 Å². The second-order valence-electron chi connectivity index (χ2n) is 3.15. The molecule has 0 saturated carbocycles. The van der Waals surface area contributed by atoms with Crippen LogP contribution in [-0.2, 0) is 13.1 Å². The van der Waals surface area contributed by atoms with Gasteiger partial charge in [-0.15, -0.1) is 0 Å². The molecule has 5 nitrogen and oxygen atoms in total. The molecule has 2 N–H and O–H groups in total. The number of rotatable bonds is 7. The normalized spacial score (nSPS) is 10.7. The smallest absolute Gasteiger partial charge is 0.140 e. The minimum atomic E-state index is 0.231. The standard InChI is InChI=1S/C9H18N4O/c1-2-5-13-9(11-8-12-13)7-10-4-3-6-14/h8,10,14H,2-7H2,1H3. The first kappa shape index (κ1) is 11.1. The van der Waals surface area contributed by atoms with Crippen LogP contribution in [0.3, 0.4) is 0 Å². The number of hydrogen-bond donors (Lipinski definition) is 2. The molecular formula is C9H18N4O. The zero-order valence-corrected chi connectivity index (χ0v) is 8.61. The van der Waals surface area contributed by atoms with Gasteiger partial charge < -0.3 is 10.4 Å². The van der Waals surface area contributed by atoms with Crippen LogP contribution >= 0.6 is 0 Å². The average molecular weight is 198 g/mol. The quantitative estimate of drug-likeness (QED) is 0.613. The fourth-order valence-corrected chi connectivity index (χ4v) is 1.23. The van der Waals surface area contributed by atoms with Gasteiger partial charge in [-0.3, -0.25) is 0 Å². The van der Waals surface area contributed by atoms with Gasteiger partial charge in [-0.05, 0) is 19.4 Å². The molecule has 0 bridgehead atoms. The van der Waals surface area contributed by atoms with Crippen LogP contribution in [0, 0.1) is 0 Å². The van der Waals surface area contributed by atoms with Crippen molar-refractivity contribution in [3.8, 4) is 0 Å². The molecular weight excluding hydrogens is 180 g/mol. The van der Waals surface area contributed by atoms with E-state index in [0.717, 1.165) is 38.3 Å². The Morgan fingerprint density at radius 1 is 1.57 bits per heavy atom. The van der Waals surface area contributed by atoms with Crippen LogP contribution in [0.15, 0.2) is 6.33 Å². The van der Waals surface area contributed by atoms with Gasteiger partial charge in [0.25, 0.3) is 0 Å². The maximum absolute atomic E-state index is 8.59. The molecule has 0 aliphatic carbocycles. The number of nitrogens with one attached hydrogen (secondary N) is 1. The van der Waals surface area contributed by atoms with Crippen LogP contribution in [0.5, 0.6) is 0 Å². The van der Waals surface area contributed by atoms with E-state index in [1.54, 1.807) is 6.33 Å². The van der Waals surface area contributed by atoms with Gasteiger partial charge in [-0.2, -0.15) is 5.10 Å². The molecule has 0 atom stereocenters. The molecule has 0 radical (unpaired) electrons. The largest absolute Gasteiger partial charge is 0.396 e. The van der Waals surface area contributed by atoms with Gasteiger partial charge in [0.2, 0.25) is 0 Å². The van der Waals surface area contributed by atoms with Crippen LogP contribution in [0.2, 0.25) is 0 Å². The van der Waals surface area contributed by atoms with Gasteiger partial charge in [0.15, 0.2) is 0 Å². The Hall–Kier alpha value is -0.940. The summed E-state index contributed by atoms with van der Waals surface area (Å²) in [5, 5.41) is 15.9. The summed E-state index contributed by atoms with van der Waals surface area (Å²) < 4.78 is 1.91. The van der Waals surface area contributed by atoms with E-state index in [2.05, 4.69) is 22.3 Å². The van der Waals surface area contributed by atoms with Crippen molar-refractivity contribution >= 4 is 0 Å². The second-order valence-corrected chi connectivity index (χ2v) is 3.15. The summed E-state index contributed by atoms with van der Waals surface area (Å²) in [5.74, 6) is 0.963. The summed E-state index contributed by atoms with van der Waals surface area (Å²) >= 11 is 0. The first-order valence-corrected chi connectivity index (χ1v) is 5.06. The number of aromatic nitrogens is 3. The van der Waals surface area contributed by atoms with E-state index >= 15 is 0 Å². The van der Waals surface area contributed by atoms with E-state index < -0.39 is 0 Å². The molecule has 80 valence electrons. The molecule has 0 amide bonds. The Bertz CT molecular complexity index is 249. The monoisotopic (exact) mass is 198 g/mol. The van der Waals surface area contributed by atoms with Crippen molar-refractivity contribution in [1.29, 1.82) is 0 Å². The molecule has 1 heterocycles. The van der Waals surface area contributed by atoms with Crippen molar-refractivity contribution in [2.75, 3.05) is 13.2 Å². The molecule has 0 aliphatic rings. The second kappa shape index (κ2) is 6.50. The Balaban J connectivity index is 2.30. The fraction of sp³-hybridized carbons (Fsp3) is 0.778. The lowest BCUT2D eigenvalue weighted by molar-refractivity contribution is 0.285. The lowest BCUT2D eigenvalue weighted by atomic mass is 10.4. The molecule has 1 rings (SSSR count). The van der Waals surface area contributed by atoms with Crippen molar-refractivity contribution in [2.45, 2.75) is 32.9 Å². The third-order valence-electron chi connectivity index (χ3n) is 1.93. The van der Waals surface area contributed by atoms with Crippen LogP contribution in [-0.4, -0.2) is 33.0 Å². The molecule has 0 spiro atoms. The van der Waals surface area contributed by atoms with Crippen molar-refractivity contribution in [3.05, 3.63) is 12.2 Å². The Kier molecular flexibility index (Phi) is 5.17. The summed E-state index contributed by atoms with van der Waals surface area (Å²) in [5.41, 5.74) is 0. The SMILES string of the molecule is CCCn1ncnc1CNCCCO. The molecule has 1 aromatic rings. The summed E-state index contributed by atoms with van der Waals surface area (Å²) in [6.07, 6.45) is 3.42. The predicted octanol–water partition coefficient (Wildman–Crippen LogP) is 0.160. The zero-order valence-electron chi connectivity index (χ0n) is 8.61. The average Bonchev–Trinajstić information content (AvgIpc) is 2.61. The zero-order chi connectivity index (χ0) is 10.2. The van der Waals surface area contributed by atoms with Crippen molar-refractivity contribution < 1.29 is 5.11 Å². The molecule has 1 aromatic heterocycles. The highest BCUT2D eigenvalue weighted by Crippen LogP contribution is 1.95. The minimum absolute atomic E-state index is 0.231. The van der Waals surface area contributed by atoms with E-state index in [1.807, 2.05) is 4.68 Å². The van der Waals surface area contributed by atoms with E-state index in [9.17, 15) is 0 Å². The molecule has 0 saturated heterocycles. The minimum Gasteiger partial charge on any atom is -0.396 e. The molecule has 0 fully saturated rings. The van der Waals surface area contributed by atoms with Crippen LogP contribution in [0.4, 0.5) is 0 Å². The van der Waals surface area contributed by atoms with Gasteiger partial charge in [0, 0.05) is 13.2 Å². The maximum Gasteiger partial charge on any atom is 0.140 e. The number of aliphatic hydroxyl groups excluding tert-OH is 1. The lowest BCUT2D eigenvalue weighted by Gasteiger charge is -2.05. The van der Waals surface area contributed by atoms with E-state index in [-0.39, 0.29) is 6.61 Å². The van der Waals surface area contributed by atoms with Gasteiger partial charge in [0.1, 0.15) is 12.2 Å². The Morgan fingerprint density at radius 3 is 3.14 bits per heavy atom.